The molecule has 2 N–H and O–H groups in total. The lowest BCUT2D eigenvalue weighted by molar-refractivity contribution is -0.123. The van der Waals surface area contributed by atoms with Crippen molar-refractivity contribution in [1.29, 1.82) is 0 Å². The molecule has 0 aromatic carbocycles. The molecule has 0 spiro atoms. The summed E-state index contributed by atoms with van der Waals surface area (Å²) in [7, 11) is 0. The maximum atomic E-state index is 11.5. The SMILES string of the molecule is CC(=O)NCCNC(=O)CC1CCOCC1. The van der Waals surface area contributed by atoms with E-state index in [2.05, 4.69) is 10.6 Å². The van der Waals surface area contributed by atoms with Crippen LogP contribution in [-0.2, 0) is 14.3 Å². The molecule has 1 rings (SSSR count). The van der Waals surface area contributed by atoms with Crippen LogP contribution in [0.25, 0.3) is 0 Å². The first-order chi connectivity index (χ1) is 7.68. The molecule has 0 saturated carbocycles. The van der Waals surface area contributed by atoms with E-state index >= 15 is 0 Å². The Kier molecular flexibility index (Phi) is 5.85. The molecule has 2 amide bonds. The lowest BCUT2D eigenvalue weighted by Gasteiger charge is -2.21. The average molecular weight is 228 g/mol. The van der Waals surface area contributed by atoms with Gasteiger partial charge in [0, 0.05) is 39.6 Å². The zero-order valence-electron chi connectivity index (χ0n) is 9.75. The van der Waals surface area contributed by atoms with Gasteiger partial charge >= 0.3 is 0 Å². The normalized spacial score (nSPS) is 16.8. The van der Waals surface area contributed by atoms with Crippen molar-refractivity contribution in [2.75, 3.05) is 26.3 Å². The molecule has 5 nitrogen and oxygen atoms in total. The van der Waals surface area contributed by atoms with Crippen LogP contribution in [0.5, 0.6) is 0 Å². The van der Waals surface area contributed by atoms with Crippen molar-refractivity contribution in [3.05, 3.63) is 0 Å². The first-order valence-electron chi connectivity index (χ1n) is 5.77. The van der Waals surface area contributed by atoms with E-state index < -0.39 is 0 Å². The van der Waals surface area contributed by atoms with Crippen molar-refractivity contribution in [3.63, 3.8) is 0 Å². The molecular weight excluding hydrogens is 208 g/mol. The standard InChI is InChI=1S/C11H20N2O3/c1-9(14)12-4-5-13-11(15)8-10-2-6-16-7-3-10/h10H,2-8H2,1H3,(H,12,14)(H,13,15). The van der Waals surface area contributed by atoms with Crippen LogP contribution >= 0.6 is 0 Å². The van der Waals surface area contributed by atoms with Crippen molar-refractivity contribution in [2.45, 2.75) is 26.2 Å². The van der Waals surface area contributed by atoms with Gasteiger partial charge in [-0.3, -0.25) is 9.59 Å². The van der Waals surface area contributed by atoms with Crippen LogP contribution in [0.15, 0.2) is 0 Å². The van der Waals surface area contributed by atoms with Gasteiger partial charge in [-0.2, -0.15) is 0 Å². The van der Waals surface area contributed by atoms with Crippen molar-refractivity contribution in [3.8, 4) is 0 Å². The van der Waals surface area contributed by atoms with E-state index in [4.69, 9.17) is 4.74 Å². The van der Waals surface area contributed by atoms with Crippen molar-refractivity contribution in [1.82, 2.24) is 10.6 Å². The van der Waals surface area contributed by atoms with Crippen molar-refractivity contribution < 1.29 is 14.3 Å². The monoisotopic (exact) mass is 228 g/mol. The largest absolute Gasteiger partial charge is 0.381 e. The first kappa shape index (κ1) is 13.0. The summed E-state index contributed by atoms with van der Waals surface area (Å²) in [5.41, 5.74) is 0. The van der Waals surface area contributed by atoms with Gasteiger partial charge in [0.15, 0.2) is 0 Å². The minimum Gasteiger partial charge on any atom is -0.381 e. The lowest BCUT2D eigenvalue weighted by atomic mass is 9.96. The van der Waals surface area contributed by atoms with E-state index in [1.807, 2.05) is 0 Å². The molecule has 0 aliphatic carbocycles. The number of ether oxygens (including phenoxy) is 1. The molecule has 1 aliphatic heterocycles. The Morgan fingerprint density at radius 3 is 2.44 bits per heavy atom. The molecule has 0 aromatic rings. The Bertz CT molecular complexity index is 237. The van der Waals surface area contributed by atoms with Crippen LogP contribution < -0.4 is 10.6 Å². The summed E-state index contributed by atoms with van der Waals surface area (Å²) in [6.45, 7) is 3.99. The molecule has 1 saturated heterocycles. The number of nitrogens with one attached hydrogen (secondary N) is 2. The van der Waals surface area contributed by atoms with E-state index in [1.165, 1.54) is 6.92 Å². The third-order valence-electron chi connectivity index (χ3n) is 2.64. The number of rotatable bonds is 5. The molecule has 1 aliphatic rings. The number of hydrogen-bond donors (Lipinski definition) is 2. The maximum Gasteiger partial charge on any atom is 0.220 e. The third-order valence-corrected chi connectivity index (χ3v) is 2.64. The van der Waals surface area contributed by atoms with Crippen molar-refractivity contribution >= 4 is 11.8 Å². The zero-order valence-corrected chi connectivity index (χ0v) is 9.75. The van der Waals surface area contributed by atoms with Gasteiger partial charge in [0.25, 0.3) is 0 Å². The van der Waals surface area contributed by atoms with Crippen LogP contribution in [0, 0.1) is 5.92 Å². The van der Waals surface area contributed by atoms with Gasteiger partial charge in [-0.1, -0.05) is 0 Å². The molecule has 0 bridgehead atoms. The highest BCUT2D eigenvalue weighted by Gasteiger charge is 2.16. The van der Waals surface area contributed by atoms with Crippen LogP contribution in [0.1, 0.15) is 26.2 Å². The summed E-state index contributed by atoms with van der Waals surface area (Å²) >= 11 is 0. The Hall–Kier alpha value is -1.10. The molecule has 1 heterocycles. The van der Waals surface area contributed by atoms with Crippen LogP contribution in [0.2, 0.25) is 0 Å². The number of carbonyl (C=O) groups is 2. The summed E-state index contributed by atoms with van der Waals surface area (Å²) in [5, 5.41) is 5.42. The zero-order chi connectivity index (χ0) is 11.8. The first-order valence-corrected chi connectivity index (χ1v) is 5.77. The number of amides is 2. The quantitative estimate of drug-likeness (QED) is 0.654. The summed E-state index contributed by atoms with van der Waals surface area (Å²) in [6.07, 6.45) is 2.52. The molecule has 0 atom stereocenters. The van der Waals surface area contributed by atoms with Gasteiger partial charge in [-0.25, -0.2) is 0 Å². The van der Waals surface area contributed by atoms with Gasteiger partial charge < -0.3 is 15.4 Å². The third kappa shape index (κ3) is 5.70. The smallest absolute Gasteiger partial charge is 0.220 e. The second kappa shape index (κ2) is 7.22. The molecule has 0 unspecified atom stereocenters. The predicted molar refractivity (Wildman–Crippen MR) is 59.9 cm³/mol. The summed E-state index contributed by atoms with van der Waals surface area (Å²) in [4.78, 5) is 22.1. The second-order valence-electron chi connectivity index (χ2n) is 4.09. The van der Waals surface area contributed by atoms with Gasteiger partial charge in [0.2, 0.25) is 11.8 Å². The maximum absolute atomic E-state index is 11.5. The van der Waals surface area contributed by atoms with E-state index in [9.17, 15) is 9.59 Å². The predicted octanol–water partition coefficient (Wildman–Crippen LogP) is 0.0554. The molecular formula is C11H20N2O3. The summed E-state index contributed by atoms with van der Waals surface area (Å²) in [5.74, 6) is 0.449. The van der Waals surface area contributed by atoms with Gasteiger partial charge in [0.05, 0.1) is 0 Å². The molecule has 0 radical (unpaired) electrons. The Morgan fingerprint density at radius 1 is 1.19 bits per heavy atom. The van der Waals surface area contributed by atoms with Crippen LogP contribution in [0.3, 0.4) is 0 Å². The topological polar surface area (TPSA) is 67.4 Å². The van der Waals surface area contributed by atoms with E-state index in [-0.39, 0.29) is 11.8 Å². The molecule has 0 aromatic heterocycles. The highest BCUT2D eigenvalue weighted by atomic mass is 16.5. The molecule has 92 valence electrons. The van der Waals surface area contributed by atoms with E-state index in [0.29, 0.717) is 25.4 Å². The minimum absolute atomic E-state index is 0.0669. The Balaban J connectivity index is 2.03. The van der Waals surface area contributed by atoms with Crippen LogP contribution in [0.4, 0.5) is 0 Å². The van der Waals surface area contributed by atoms with E-state index in [1.54, 1.807) is 0 Å². The lowest BCUT2D eigenvalue weighted by Crippen LogP contribution is -2.34. The van der Waals surface area contributed by atoms with E-state index in [0.717, 1.165) is 26.1 Å². The highest BCUT2D eigenvalue weighted by molar-refractivity contribution is 5.76. The van der Waals surface area contributed by atoms with Gasteiger partial charge in [-0.15, -0.1) is 0 Å². The molecule has 1 fully saturated rings. The fourth-order valence-electron chi connectivity index (χ4n) is 1.73. The van der Waals surface area contributed by atoms with Gasteiger partial charge in [0.1, 0.15) is 0 Å². The van der Waals surface area contributed by atoms with Crippen molar-refractivity contribution in [2.24, 2.45) is 5.92 Å². The fourth-order valence-corrected chi connectivity index (χ4v) is 1.73. The minimum atomic E-state index is -0.0707. The highest BCUT2D eigenvalue weighted by Crippen LogP contribution is 2.17. The molecule has 16 heavy (non-hydrogen) atoms. The Labute approximate surface area is 95.9 Å². The molecule has 5 heteroatoms. The van der Waals surface area contributed by atoms with Crippen LogP contribution in [-0.4, -0.2) is 38.1 Å². The van der Waals surface area contributed by atoms with Gasteiger partial charge in [-0.05, 0) is 18.8 Å². The average Bonchev–Trinajstić information content (AvgIpc) is 2.25. The number of hydrogen-bond acceptors (Lipinski definition) is 3. The summed E-state index contributed by atoms with van der Waals surface area (Å²) in [6, 6.07) is 0. The second-order valence-corrected chi connectivity index (χ2v) is 4.09. The number of carbonyl (C=O) groups excluding carboxylic acids is 2. The Morgan fingerprint density at radius 2 is 1.81 bits per heavy atom. The fraction of sp³-hybridized carbons (Fsp3) is 0.818. The summed E-state index contributed by atoms with van der Waals surface area (Å²) < 4.78 is 5.23.